The Bertz CT molecular complexity index is 344. The van der Waals surface area contributed by atoms with Crippen molar-refractivity contribution in [3.63, 3.8) is 0 Å². The van der Waals surface area contributed by atoms with Crippen molar-refractivity contribution in [2.24, 2.45) is 11.5 Å². The highest BCUT2D eigenvalue weighted by molar-refractivity contribution is 9.11. The summed E-state index contributed by atoms with van der Waals surface area (Å²) in [5, 5.41) is 3.23. The van der Waals surface area contributed by atoms with Gasteiger partial charge in [0.05, 0.1) is 16.0 Å². The van der Waals surface area contributed by atoms with Crippen LogP contribution in [0.1, 0.15) is 19.3 Å². The lowest BCUT2D eigenvalue weighted by Crippen LogP contribution is -2.35. The molecule has 0 aliphatic carbocycles. The highest BCUT2D eigenvalue weighted by Crippen LogP contribution is 2.23. The Balaban J connectivity index is 2.34. The van der Waals surface area contributed by atoms with E-state index >= 15 is 0 Å². The van der Waals surface area contributed by atoms with Crippen molar-refractivity contribution in [1.82, 2.24) is 4.98 Å². The Labute approximate surface area is 107 Å². The molecule has 0 spiro atoms. The maximum Gasteiger partial charge on any atom is 0.243 e. The number of anilines is 1. The van der Waals surface area contributed by atoms with Crippen LogP contribution in [0.5, 0.6) is 0 Å². The number of hydrogen-bond acceptors (Lipinski definition) is 5. The molecule has 5 N–H and O–H groups in total. The minimum Gasteiger partial charge on any atom is -0.330 e. The van der Waals surface area contributed by atoms with E-state index in [1.165, 1.54) is 11.3 Å². The van der Waals surface area contributed by atoms with Crippen LogP contribution in [-0.2, 0) is 4.79 Å². The molecule has 1 aromatic rings. The Morgan fingerprint density at radius 1 is 1.62 bits per heavy atom. The summed E-state index contributed by atoms with van der Waals surface area (Å²) in [4.78, 5) is 15.6. The first kappa shape index (κ1) is 13.6. The van der Waals surface area contributed by atoms with Gasteiger partial charge in [-0.05, 0) is 35.3 Å². The molecule has 5 nitrogen and oxygen atoms in total. The number of rotatable bonds is 6. The molecule has 1 rings (SSSR count). The number of carbonyl (C=O) groups excluding carboxylic acids is 1. The molecule has 0 aliphatic heterocycles. The summed E-state index contributed by atoms with van der Waals surface area (Å²) in [5.74, 6) is -0.195. The Kier molecular flexibility index (Phi) is 5.89. The third-order valence-electron chi connectivity index (χ3n) is 2.01. The predicted molar refractivity (Wildman–Crippen MR) is 69.3 cm³/mol. The van der Waals surface area contributed by atoms with E-state index in [1.807, 2.05) is 0 Å². The molecule has 0 saturated carbocycles. The maximum atomic E-state index is 11.6. The number of aromatic nitrogens is 1. The zero-order chi connectivity index (χ0) is 12.0. The fraction of sp³-hybridized carbons (Fsp3) is 0.556. The zero-order valence-electron chi connectivity index (χ0n) is 8.78. The number of thiazole rings is 1. The van der Waals surface area contributed by atoms with Gasteiger partial charge in [-0.3, -0.25) is 4.79 Å². The molecule has 1 atom stereocenters. The third kappa shape index (κ3) is 4.56. The smallest absolute Gasteiger partial charge is 0.243 e. The van der Waals surface area contributed by atoms with E-state index in [4.69, 9.17) is 11.5 Å². The highest BCUT2D eigenvalue weighted by Gasteiger charge is 2.14. The topological polar surface area (TPSA) is 94.0 Å². The number of carbonyl (C=O) groups is 1. The molecule has 0 unspecified atom stereocenters. The van der Waals surface area contributed by atoms with Crippen molar-refractivity contribution in [1.29, 1.82) is 0 Å². The van der Waals surface area contributed by atoms with E-state index < -0.39 is 6.04 Å². The fourth-order valence-electron chi connectivity index (χ4n) is 1.15. The normalized spacial score (nSPS) is 12.4. The van der Waals surface area contributed by atoms with Crippen molar-refractivity contribution >= 4 is 38.3 Å². The van der Waals surface area contributed by atoms with Crippen molar-refractivity contribution < 1.29 is 4.79 Å². The number of unbranched alkanes of at least 4 members (excludes halogenated alkanes) is 1. The van der Waals surface area contributed by atoms with Crippen molar-refractivity contribution in [3.8, 4) is 0 Å². The van der Waals surface area contributed by atoms with Gasteiger partial charge >= 0.3 is 0 Å². The molecule has 0 aromatic carbocycles. The summed E-state index contributed by atoms with van der Waals surface area (Å²) in [6.07, 6.45) is 4.05. The summed E-state index contributed by atoms with van der Waals surface area (Å²) in [6, 6.07) is -0.491. The minimum atomic E-state index is -0.491. The van der Waals surface area contributed by atoms with Gasteiger partial charge in [-0.15, -0.1) is 0 Å². The van der Waals surface area contributed by atoms with Crippen LogP contribution in [0, 0.1) is 0 Å². The van der Waals surface area contributed by atoms with Gasteiger partial charge < -0.3 is 16.8 Å². The third-order valence-corrected chi connectivity index (χ3v) is 3.41. The lowest BCUT2D eigenvalue weighted by Gasteiger charge is -2.09. The molecular formula is C9H15BrN4OS. The minimum absolute atomic E-state index is 0.195. The van der Waals surface area contributed by atoms with Gasteiger partial charge in [-0.1, -0.05) is 17.8 Å². The van der Waals surface area contributed by atoms with Crippen LogP contribution < -0.4 is 16.8 Å². The number of amides is 1. The first-order valence-electron chi connectivity index (χ1n) is 5.01. The number of nitrogens with zero attached hydrogens (tertiary/aromatic N) is 1. The van der Waals surface area contributed by atoms with Crippen molar-refractivity contribution in [2.45, 2.75) is 25.3 Å². The van der Waals surface area contributed by atoms with Gasteiger partial charge in [0.2, 0.25) is 5.91 Å². The van der Waals surface area contributed by atoms with Crippen LogP contribution in [0.15, 0.2) is 9.98 Å². The molecule has 0 aliphatic rings. The summed E-state index contributed by atoms with van der Waals surface area (Å²) in [5.41, 5.74) is 11.1. The number of hydrogen-bond donors (Lipinski definition) is 3. The van der Waals surface area contributed by atoms with Gasteiger partial charge in [0.15, 0.2) is 5.13 Å². The molecule has 90 valence electrons. The van der Waals surface area contributed by atoms with Gasteiger partial charge in [0.1, 0.15) is 0 Å². The second kappa shape index (κ2) is 6.95. The Hall–Kier alpha value is -0.500. The van der Waals surface area contributed by atoms with Crippen LogP contribution in [-0.4, -0.2) is 23.5 Å². The van der Waals surface area contributed by atoms with E-state index in [0.717, 1.165) is 16.6 Å². The summed E-state index contributed by atoms with van der Waals surface area (Å²) in [7, 11) is 0. The first-order chi connectivity index (χ1) is 7.63. The summed E-state index contributed by atoms with van der Waals surface area (Å²) >= 11 is 4.63. The zero-order valence-corrected chi connectivity index (χ0v) is 11.2. The van der Waals surface area contributed by atoms with Gasteiger partial charge in [-0.25, -0.2) is 4.98 Å². The van der Waals surface area contributed by atoms with E-state index in [0.29, 0.717) is 18.1 Å². The van der Waals surface area contributed by atoms with E-state index in [-0.39, 0.29) is 5.91 Å². The summed E-state index contributed by atoms with van der Waals surface area (Å²) < 4.78 is 0.875. The lowest BCUT2D eigenvalue weighted by molar-refractivity contribution is -0.117. The van der Waals surface area contributed by atoms with E-state index in [9.17, 15) is 4.79 Å². The SMILES string of the molecule is NCCCC[C@H](N)C(=O)Nc1ncc(Br)s1. The lowest BCUT2D eigenvalue weighted by atomic mass is 10.1. The quantitative estimate of drug-likeness (QED) is 0.691. The summed E-state index contributed by atoms with van der Waals surface area (Å²) in [6.45, 7) is 0.633. The molecule has 1 heterocycles. The highest BCUT2D eigenvalue weighted by atomic mass is 79.9. The second-order valence-electron chi connectivity index (χ2n) is 3.35. The average molecular weight is 307 g/mol. The fourth-order valence-corrected chi connectivity index (χ4v) is 2.26. The standard InChI is InChI=1S/C9H15BrN4OS/c10-7-5-13-9(16-7)14-8(15)6(12)3-1-2-4-11/h5-6H,1-4,11-12H2,(H,13,14,15)/t6-/m0/s1. The van der Waals surface area contributed by atoms with Crippen LogP contribution in [0.4, 0.5) is 5.13 Å². The van der Waals surface area contributed by atoms with E-state index in [2.05, 4.69) is 26.2 Å². The molecule has 0 radical (unpaired) electrons. The number of nitrogens with one attached hydrogen (secondary N) is 1. The van der Waals surface area contributed by atoms with Crippen LogP contribution in [0.2, 0.25) is 0 Å². The largest absolute Gasteiger partial charge is 0.330 e. The van der Waals surface area contributed by atoms with Crippen molar-refractivity contribution in [2.75, 3.05) is 11.9 Å². The Morgan fingerprint density at radius 3 is 2.94 bits per heavy atom. The average Bonchev–Trinajstić information content (AvgIpc) is 2.64. The second-order valence-corrected chi connectivity index (χ2v) is 5.76. The monoisotopic (exact) mass is 306 g/mol. The van der Waals surface area contributed by atoms with Crippen LogP contribution in [0.3, 0.4) is 0 Å². The van der Waals surface area contributed by atoms with Gasteiger partial charge in [0.25, 0.3) is 0 Å². The maximum absolute atomic E-state index is 11.6. The van der Waals surface area contributed by atoms with Crippen LogP contribution >= 0.6 is 27.3 Å². The molecule has 0 fully saturated rings. The molecule has 1 aromatic heterocycles. The Morgan fingerprint density at radius 2 is 2.38 bits per heavy atom. The molecular weight excluding hydrogens is 292 g/mol. The molecule has 16 heavy (non-hydrogen) atoms. The first-order valence-corrected chi connectivity index (χ1v) is 6.62. The van der Waals surface area contributed by atoms with Gasteiger partial charge in [0, 0.05) is 0 Å². The number of halogens is 1. The van der Waals surface area contributed by atoms with Crippen molar-refractivity contribution in [3.05, 3.63) is 9.98 Å². The molecule has 1 amide bonds. The van der Waals surface area contributed by atoms with Gasteiger partial charge in [-0.2, -0.15) is 0 Å². The van der Waals surface area contributed by atoms with E-state index in [1.54, 1.807) is 6.20 Å². The molecule has 0 bridgehead atoms. The molecule has 0 saturated heterocycles. The molecule has 7 heteroatoms. The number of nitrogens with two attached hydrogens (primary N) is 2. The van der Waals surface area contributed by atoms with Crippen LogP contribution in [0.25, 0.3) is 0 Å². The predicted octanol–water partition coefficient (Wildman–Crippen LogP) is 1.30.